The van der Waals surface area contributed by atoms with E-state index in [1.165, 1.54) is 11.0 Å². The van der Waals surface area contributed by atoms with Gasteiger partial charge in [-0.3, -0.25) is 9.59 Å². The second-order valence-corrected chi connectivity index (χ2v) is 7.11. The van der Waals surface area contributed by atoms with Crippen molar-refractivity contribution in [2.75, 3.05) is 20.7 Å². The van der Waals surface area contributed by atoms with Crippen molar-refractivity contribution in [2.24, 2.45) is 0 Å². The Morgan fingerprint density at radius 3 is 2.39 bits per heavy atom. The zero-order valence-corrected chi connectivity index (χ0v) is 17.7. The van der Waals surface area contributed by atoms with Crippen LogP contribution in [0.3, 0.4) is 0 Å². The number of nitrogens with zero attached hydrogens (tertiary/aromatic N) is 1. The topological polar surface area (TPSA) is 55.8 Å². The van der Waals surface area contributed by atoms with E-state index >= 15 is 0 Å². The van der Waals surface area contributed by atoms with Gasteiger partial charge >= 0.3 is 0 Å². The molecule has 0 spiro atoms. The van der Waals surface area contributed by atoms with E-state index in [0.29, 0.717) is 23.7 Å². The summed E-state index contributed by atoms with van der Waals surface area (Å²) in [6.45, 7) is 0.372. The second kappa shape index (κ2) is 10.8. The van der Waals surface area contributed by atoms with Crippen LogP contribution in [-0.2, 0) is 11.4 Å². The van der Waals surface area contributed by atoms with Gasteiger partial charge in [-0.1, -0.05) is 60.7 Å². The molecule has 3 rings (SSSR count). The first-order chi connectivity index (χ1) is 15.0. The first-order valence-corrected chi connectivity index (χ1v) is 9.94. The summed E-state index contributed by atoms with van der Waals surface area (Å²) in [7, 11) is 3.33. The fourth-order valence-corrected chi connectivity index (χ4v) is 2.76. The predicted molar refractivity (Wildman–Crippen MR) is 121 cm³/mol. The van der Waals surface area contributed by atoms with Gasteiger partial charge in [0.15, 0.2) is 12.4 Å². The normalized spacial score (nSPS) is 10.6. The van der Waals surface area contributed by atoms with Gasteiger partial charge in [-0.25, -0.2) is 0 Å². The van der Waals surface area contributed by atoms with Crippen molar-refractivity contribution >= 4 is 17.8 Å². The molecule has 0 unspecified atom stereocenters. The number of allylic oxidation sites excluding steroid dienone is 1. The molecule has 0 N–H and O–H groups in total. The molecule has 3 aromatic carbocycles. The van der Waals surface area contributed by atoms with E-state index in [-0.39, 0.29) is 18.3 Å². The van der Waals surface area contributed by atoms with E-state index in [1.807, 2.05) is 54.6 Å². The van der Waals surface area contributed by atoms with Gasteiger partial charge in [0.1, 0.15) is 18.1 Å². The zero-order chi connectivity index (χ0) is 22.1. The van der Waals surface area contributed by atoms with Crippen LogP contribution in [-0.4, -0.2) is 37.3 Å². The molecule has 0 saturated carbocycles. The summed E-state index contributed by atoms with van der Waals surface area (Å²) in [6, 6.07) is 24.3. The Hall–Kier alpha value is -3.86. The van der Waals surface area contributed by atoms with Gasteiger partial charge in [-0.2, -0.15) is 0 Å². The highest BCUT2D eigenvalue weighted by atomic mass is 16.5. The van der Waals surface area contributed by atoms with E-state index in [4.69, 9.17) is 9.47 Å². The van der Waals surface area contributed by atoms with Crippen molar-refractivity contribution in [2.45, 2.75) is 6.61 Å². The van der Waals surface area contributed by atoms with Crippen molar-refractivity contribution in [3.8, 4) is 11.5 Å². The molecule has 1 amide bonds. The van der Waals surface area contributed by atoms with Crippen LogP contribution in [0.15, 0.2) is 84.9 Å². The highest BCUT2D eigenvalue weighted by molar-refractivity contribution is 6.07. The van der Waals surface area contributed by atoms with E-state index in [0.717, 1.165) is 11.1 Å². The Kier molecular flexibility index (Phi) is 7.60. The van der Waals surface area contributed by atoms with Gasteiger partial charge in [0.25, 0.3) is 5.91 Å². The minimum Gasteiger partial charge on any atom is -0.488 e. The molecule has 3 aromatic rings. The number of hydrogen-bond acceptors (Lipinski definition) is 4. The zero-order valence-electron chi connectivity index (χ0n) is 17.7. The lowest BCUT2D eigenvalue weighted by molar-refractivity contribution is -0.130. The maximum absolute atomic E-state index is 12.6. The van der Waals surface area contributed by atoms with E-state index < -0.39 is 0 Å². The second-order valence-electron chi connectivity index (χ2n) is 7.11. The fraction of sp³-hybridized carbons (Fsp3) is 0.154. The van der Waals surface area contributed by atoms with Crippen LogP contribution in [0, 0.1) is 0 Å². The number of ketones is 1. The van der Waals surface area contributed by atoms with Crippen LogP contribution in [0.4, 0.5) is 0 Å². The molecule has 0 aliphatic carbocycles. The number of hydrogen-bond donors (Lipinski definition) is 0. The highest BCUT2D eigenvalue weighted by Crippen LogP contribution is 2.22. The molecule has 0 bridgehead atoms. The molecule has 0 saturated heterocycles. The highest BCUT2D eigenvalue weighted by Gasteiger charge is 2.08. The number of para-hydroxylation sites is 1. The number of ether oxygens (including phenoxy) is 2. The van der Waals surface area contributed by atoms with Crippen LogP contribution < -0.4 is 9.47 Å². The Morgan fingerprint density at radius 2 is 1.61 bits per heavy atom. The molecule has 5 nitrogen and oxygen atoms in total. The molecule has 0 aromatic heterocycles. The SMILES string of the molecule is CN(C)C(=O)COc1cccc(C(=O)C=Cc2ccccc2OCc2ccccc2)c1. The van der Waals surface area contributed by atoms with E-state index in [2.05, 4.69) is 0 Å². The van der Waals surface area contributed by atoms with E-state index in [9.17, 15) is 9.59 Å². The number of carbonyl (C=O) groups excluding carboxylic acids is 2. The molecule has 0 heterocycles. The van der Waals surface area contributed by atoms with Gasteiger partial charge in [-0.05, 0) is 35.9 Å². The minimum absolute atomic E-state index is 0.0768. The van der Waals surface area contributed by atoms with Crippen LogP contribution in [0.25, 0.3) is 6.08 Å². The maximum Gasteiger partial charge on any atom is 0.259 e. The lowest BCUT2D eigenvalue weighted by atomic mass is 10.1. The third-order valence-electron chi connectivity index (χ3n) is 4.55. The lowest BCUT2D eigenvalue weighted by Crippen LogP contribution is -2.27. The minimum atomic E-state index is -0.165. The molecule has 0 aliphatic rings. The number of benzene rings is 3. The lowest BCUT2D eigenvalue weighted by Gasteiger charge is -2.11. The van der Waals surface area contributed by atoms with Crippen molar-refractivity contribution in [1.82, 2.24) is 4.90 Å². The average molecular weight is 415 g/mol. The summed E-state index contributed by atoms with van der Waals surface area (Å²) in [5.74, 6) is 0.863. The van der Waals surface area contributed by atoms with Gasteiger partial charge < -0.3 is 14.4 Å². The van der Waals surface area contributed by atoms with Crippen LogP contribution in [0.2, 0.25) is 0 Å². The number of amides is 1. The predicted octanol–water partition coefficient (Wildman–Crippen LogP) is 4.63. The number of rotatable bonds is 9. The molecule has 0 atom stereocenters. The van der Waals surface area contributed by atoms with Gasteiger partial charge in [0.2, 0.25) is 0 Å². The Balaban J connectivity index is 1.66. The van der Waals surface area contributed by atoms with Crippen LogP contribution in [0.5, 0.6) is 11.5 Å². The maximum atomic E-state index is 12.6. The summed E-state index contributed by atoms with van der Waals surface area (Å²) in [4.78, 5) is 25.8. The van der Waals surface area contributed by atoms with Gasteiger partial charge in [0.05, 0.1) is 0 Å². The molecule has 0 fully saturated rings. The van der Waals surface area contributed by atoms with Crippen molar-refractivity contribution in [1.29, 1.82) is 0 Å². The van der Waals surface area contributed by atoms with Crippen LogP contribution in [0.1, 0.15) is 21.5 Å². The third kappa shape index (κ3) is 6.57. The van der Waals surface area contributed by atoms with Gasteiger partial charge in [-0.15, -0.1) is 0 Å². The molecule has 0 aliphatic heterocycles. The molecule has 5 heteroatoms. The monoisotopic (exact) mass is 415 g/mol. The van der Waals surface area contributed by atoms with Gasteiger partial charge in [0, 0.05) is 25.2 Å². The summed E-state index contributed by atoms with van der Waals surface area (Å²) in [6.07, 6.45) is 3.25. The van der Waals surface area contributed by atoms with E-state index in [1.54, 1.807) is 44.4 Å². The average Bonchev–Trinajstić information content (AvgIpc) is 2.81. The Morgan fingerprint density at radius 1 is 0.871 bits per heavy atom. The summed E-state index contributed by atoms with van der Waals surface area (Å²) < 4.78 is 11.4. The molecule has 158 valence electrons. The third-order valence-corrected chi connectivity index (χ3v) is 4.55. The fourth-order valence-electron chi connectivity index (χ4n) is 2.76. The first-order valence-electron chi connectivity index (χ1n) is 9.94. The van der Waals surface area contributed by atoms with Crippen molar-refractivity contribution in [3.05, 3.63) is 102 Å². The summed E-state index contributed by atoms with van der Waals surface area (Å²) >= 11 is 0. The molecule has 0 radical (unpaired) electrons. The number of likely N-dealkylation sites (N-methyl/N-ethyl adjacent to an activating group) is 1. The number of carbonyl (C=O) groups is 2. The van der Waals surface area contributed by atoms with Crippen molar-refractivity contribution < 1.29 is 19.1 Å². The quantitative estimate of drug-likeness (QED) is 0.378. The Bertz CT molecular complexity index is 1060. The largest absolute Gasteiger partial charge is 0.488 e. The smallest absolute Gasteiger partial charge is 0.259 e. The van der Waals surface area contributed by atoms with Crippen molar-refractivity contribution in [3.63, 3.8) is 0 Å². The molecule has 31 heavy (non-hydrogen) atoms. The standard InChI is InChI=1S/C26H25NO4/c1-27(2)26(29)19-30-23-13-8-12-22(17-23)24(28)16-15-21-11-6-7-14-25(21)31-18-20-9-4-3-5-10-20/h3-17H,18-19H2,1-2H3. The summed E-state index contributed by atoms with van der Waals surface area (Å²) in [5.41, 5.74) is 2.37. The molecular weight excluding hydrogens is 390 g/mol. The summed E-state index contributed by atoms with van der Waals surface area (Å²) in [5, 5.41) is 0. The Labute approximate surface area is 182 Å². The molecular formula is C26H25NO4. The van der Waals surface area contributed by atoms with Crippen LogP contribution >= 0.6 is 0 Å². The first kappa shape index (κ1) is 21.8.